The van der Waals surface area contributed by atoms with E-state index in [2.05, 4.69) is 20.6 Å². The zero-order valence-corrected chi connectivity index (χ0v) is 13.4. The van der Waals surface area contributed by atoms with Crippen molar-refractivity contribution in [3.8, 4) is 17.2 Å². The summed E-state index contributed by atoms with van der Waals surface area (Å²) in [6.07, 6.45) is -0.707. The molecule has 25 heavy (non-hydrogen) atoms. The highest BCUT2D eigenvalue weighted by Crippen LogP contribution is 2.35. The Bertz CT molecular complexity index is 885. The highest BCUT2D eigenvalue weighted by atomic mass is 16.7. The van der Waals surface area contributed by atoms with Crippen LogP contribution in [0.4, 0.5) is 5.82 Å². The number of aromatic nitrogens is 5. The lowest BCUT2D eigenvalue weighted by Crippen LogP contribution is -2.33. The third-order valence-corrected chi connectivity index (χ3v) is 3.72. The molecule has 1 N–H and O–H groups in total. The molecule has 1 aliphatic rings. The lowest BCUT2D eigenvalue weighted by Gasteiger charge is -2.21. The van der Waals surface area contributed by atoms with Crippen molar-refractivity contribution in [1.82, 2.24) is 25.3 Å². The first-order valence-electron chi connectivity index (χ1n) is 7.66. The predicted octanol–water partition coefficient (Wildman–Crippen LogP) is 0.124. The van der Waals surface area contributed by atoms with Crippen molar-refractivity contribution in [2.24, 2.45) is 0 Å². The SMILES string of the molecule is CN(C[C@H](O)COc1ccc2c(c1)OCO2)c1ccc2nnnn2n1. The third-order valence-electron chi connectivity index (χ3n) is 3.72. The van der Waals surface area contributed by atoms with Crippen LogP contribution in [0.15, 0.2) is 30.3 Å². The molecule has 130 valence electrons. The molecule has 4 rings (SSSR count). The molecule has 1 aliphatic heterocycles. The van der Waals surface area contributed by atoms with Crippen LogP contribution in [0, 0.1) is 0 Å². The highest BCUT2D eigenvalue weighted by Gasteiger charge is 2.15. The van der Waals surface area contributed by atoms with Gasteiger partial charge in [-0.1, -0.05) is 0 Å². The number of hydrogen-bond acceptors (Lipinski definition) is 9. The van der Waals surface area contributed by atoms with E-state index in [0.717, 1.165) is 0 Å². The summed E-state index contributed by atoms with van der Waals surface area (Å²) in [5.41, 5.74) is 0.559. The molecule has 0 spiro atoms. The normalized spacial score (nSPS) is 13.8. The third kappa shape index (κ3) is 3.24. The monoisotopic (exact) mass is 344 g/mol. The van der Waals surface area contributed by atoms with Crippen molar-refractivity contribution in [2.45, 2.75) is 6.10 Å². The maximum atomic E-state index is 10.2. The van der Waals surface area contributed by atoms with Crippen molar-refractivity contribution in [3.63, 3.8) is 0 Å². The topological polar surface area (TPSA) is 107 Å². The molecule has 0 unspecified atom stereocenters. The van der Waals surface area contributed by atoms with Gasteiger partial charge in [-0.3, -0.25) is 0 Å². The minimum atomic E-state index is -0.707. The summed E-state index contributed by atoms with van der Waals surface area (Å²) in [6.45, 7) is 0.688. The van der Waals surface area contributed by atoms with Gasteiger partial charge in [-0.05, 0) is 34.7 Å². The van der Waals surface area contributed by atoms with Crippen LogP contribution in [0.3, 0.4) is 0 Å². The first-order chi connectivity index (χ1) is 12.2. The fourth-order valence-electron chi connectivity index (χ4n) is 2.47. The number of anilines is 1. The zero-order chi connectivity index (χ0) is 17.2. The molecule has 10 heteroatoms. The predicted molar refractivity (Wildman–Crippen MR) is 85.9 cm³/mol. The van der Waals surface area contributed by atoms with E-state index in [1.165, 1.54) is 4.63 Å². The van der Waals surface area contributed by atoms with Gasteiger partial charge in [0.15, 0.2) is 23.0 Å². The van der Waals surface area contributed by atoms with Crippen LogP contribution < -0.4 is 19.1 Å². The molecular weight excluding hydrogens is 328 g/mol. The molecule has 0 saturated carbocycles. The van der Waals surface area contributed by atoms with Gasteiger partial charge >= 0.3 is 0 Å². The Balaban J connectivity index is 1.34. The molecule has 3 aromatic rings. The number of aliphatic hydroxyl groups excluding tert-OH is 1. The van der Waals surface area contributed by atoms with Crippen molar-refractivity contribution in [2.75, 3.05) is 31.9 Å². The second kappa shape index (κ2) is 6.40. The van der Waals surface area contributed by atoms with E-state index in [1.807, 2.05) is 7.05 Å². The summed E-state index contributed by atoms with van der Waals surface area (Å²) < 4.78 is 17.5. The van der Waals surface area contributed by atoms with E-state index in [9.17, 15) is 5.11 Å². The average molecular weight is 344 g/mol. The summed E-state index contributed by atoms with van der Waals surface area (Å²) >= 11 is 0. The number of likely N-dealkylation sites (N-methyl/N-ethyl adjacent to an activating group) is 1. The van der Waals surface area contributed by atoms with Crippen LogP contribution >= 0.6 is 0 Å². The molecule has 0 bridgehead atoms. The maximum absolute atomic E-state index is 10.2. The summed E-state index contributed by atoms with van der Waals surface area (Å²) in [4.78, 5) is 1.80. The number of hydrogen-bond donors (Lipinski definition) is 1. The lowest BCUT2D eigenvalue weighted by molar-refractivity contribution is 0.113. The number of tetrazole rings is 1. The van der Waals surface area contributed by atoms with E-state index in [-0.39, 0.29) is 13.4 Å². The summed E-state index contributed by atoms with van der Waals surface area (Å²) in [7, 11) is 1.82. The van der Waals surface area contributed by atoms with Crippen LogP contribution in [-0.2, 0) is 0 Å². The zero-order valence-electron chi connectivity index (χ0n) is 13.4. The summed E-state index contributed by atoms with van der Waals surface area (Å²) in [5, 5.41) is 25.6. The van der Waals surface area contributed by atoms with Gasteiger partial charge in [0.1, 0.15) is 18.5 Å². The van der Waals surface area contributed by atoms with Crippen molar-refractivity contribution in [1.29, 1.82) is 0 Å². The quantitative estimate of drug-likeness (QED) is 0.667. The van der Waals surface area contributed by atoms with Gasteiger partial charge in [-0.25, -0.2) is 0 Å². The van der Waals surface area contributed by atoms with Gasteiger partial charge < -0.3 is 24.2 Å². The Labute approximate surface area is 142 Å². The number of aliphatic hydroxyl groups is 1. The van der Waals surface area contributed by atoms with Crippen LogP contribution in [-0.4, -0.2) is 63.5 Å². The van der Waals surface area contributed by atoms with Crippen LogP contribution in [0.25, 0.3) is 5.65 Å². The fraction of sp³-hybridized carbons (Fsp3) is 0.333. The molecule has 0 fully saturated rings. The van der Waals surface area contributed by atoms with Gasteiger partial charge in [-0.15, -0.1) is 14.8 Å². The molecule has 1 atom stereocenters. The molecule has 3 heterocycles. The highest BCUT2D eigenvalue weighted by molar-refractivity contribution is 5.47. The van der Waals surface area contributed by atoms with Gasteiger partial charge in [0.05, 0.1) is 0 Å². The van der Waals surface area contributed by atoms with Crippen LogP contribution in [0.1, 0.15) is 0 Å². The minimum Gasteiger partial charge on any atom is -0.491 e. The van der Waals surface area contributed by atoms with Crippen LogP contribution in [0.2, 0.25) is 0 Å². The Hall–Kier alpha value is -3.14. The molecule has 0 amide bonds. The smallest absolute Gasteiger partial charge is 0.231 e. The fourth-order valence-corrected chi connectivity index (χ4v) is 2.47. The Morgan fingerprint density at radius 1 is 1.28 bits per heavy atom. The lowest BCUT2D eigenvalue weighted by atomic mass is 10.3. The second-order valence-corrected chi connectivity index (χ2v) is 5.58. The van der Waals surface area contributed by atoms with E-state index < -0.39 is 6.10 Å². The first-order valence-corrected chi connectivity index (χ1v) is 7.66. The van der Waals surface area contributed by atoms with Gasteiger partial charge in [0.25, 0.3) is 0 Å². The molecule has 0 aliphatic carbocycles. The molecule has 2 aromatic heterocycles. The van der Waals surface area contributed by atoms with E-state index >= 15 is 0 Å². The summed E-state index contributed by atoms with van der Waals surface area (Å²) in [6, 6.07) is 8.84. The van der Waals surface area contributed by atoms with E-state index in [1.54, 1.807) is 35.2 Å². The molecule has 0 radical (unpaired) electrons. The Kier molecular flexibility index (Phi) is 3.94. The largest absolute Gasteiger partial charge is 0.491 e. The van der Waals surface area contributed by atoms with Gasteiger partial charge in [0.2, 0.25) is 6.79 Å². The number of rotatable bonds is 6. The molecular formula is C15H16N6O4. The van der Waals surface area contributed by atoms with E-state index in [0.29, 0.717) is 35.3 Å². The van der Waals surface area contributed by atoms with Gasteiger partial charge in [0, 0.05) is 19.7 Å². The number of ether oxygens (including phenoxy) is 3. The first kappa shape index (κ1) is 15.4. The maximum Gasteiger partial charge on any atom is 0.231 e. The second-order valence-electron chi connectivity index (χ2n) is 5.58. The number of fused-ring (bicyclic) bond motifs is 2. The molecule has 10 nitrogen and oxygen atoms in total. The van der Waals surface area contributed by atoms with Crippen molar-refractivity contribution >= 4 is 11.5 Å². The Morgan fingerprint density at radius 3 is 3.08 bits per heavy atom. The van der Waals surface area contributed by atoms with Crippen molar-refractivity contribution < 1.29 is 19.3 Å². The van der Waals surface area contributed by atoms with E-state index in [4.69, 9.17) is 14.2 Å². The minimum absolute atomic E-state index is 0.136. The Morgan fingerprint density at radius 2 is 2.16 bits per heavy atom. The summed E-state index contributed by atoms with van der Waals surface area (Å²) in [5.74, 6) is 2.58. The molecule has 1 aromatic carbocycles. The van der Waals surface area contributed by atoms with Crippen LogP contribution in [0.5, 0.6) is 17.2 Å². The van der Waals surface area contributed by atoms with Crippen molar-refractivity contribution in [3.05, 3.63) is 30.3 Å². The number of benzene rings is 1. The standard InChI is InChI=1S/C15H16N6O4/c1-20(15-5-4-14-16-18-19-21(14)17-15)7-10(22)8-23-11-2-3-12-13(6-11)25-9-24-12/h2-6,10,22H,7-9H2,1H3/t10-/m0/s1. The van der Waals surface area contributed by atoms with Gasteiger partial charge in [-0.2, -0.15) is 0 Å². The molecule has 0 saturated heterocycles. The average Bonchev–Trinajstić information content (AvgIpc) is 3.27. The number of nitrogens with zero attached hydrogens (tertiary/aromatic N) is 6.